The lowest BCUT2D eigenvalue weighted by Gasteiger charge is -2.25. The Morgan fingerprint density at radius 3 is 1.89 bits per heavy atom. The van der Waals surface area contributed by atoms with Crippen LogP contribution in [0.3, 0.4) is 0 Å². The summed E-state index contributed by atoms with van der Waals surface area (Å²) < 4.78 is 28.0. The highest BCUT2D eigenvalue weighted by atomic mass is 19.1. The molecule has 0 aliphatic rings. The summed E-state index contributed by atoms with van der Waals surface area (Å²) in [6, 6.07) is 25.7. The molecule has 4 rings (SSSR count). The van der Waals surface area contributed by atoms with Crippen LogP contribution in [0.5, 0.6) is 0 Å². The zero-order valence-corrected chi connectivity index (χ0v) is 15.3. The summed E-state index contributed by atoms with van der Waals surface area (Å²) in [5.74, 6) is -1.21. The first-order valence-corrected chi connectivity index (χ1v) is 8.96. The zero-order chi connectivity index (χ0) is 19.5. The number of hydrogen-bond acceptors (Lipinski definition) is 2. The quantitative estimate of drug-likeness (QED) is 0.391. The van der Waals surface area contributed by atoms with Gasteiger partial charge in [-0.15, -0.1) is 0 Å². The number of aromatic nitrogens is 1. The summed E-state index contributed by atoms with van der Waals surface area (Å²) in [4.78, 5) is 6.41. The number of para-hydroxylation sites is 2. The molecule has 4 heteroatoms. The van der Waals surface area contributed by atoms with Gasteiger partial charge in [0.2, 0.25) is 0 Å². The number of anilines is 3. The van der Waals surface area contributed by atoms with Crippen LogP contribution in [0.1, 0.15) is 5.56 Å². The largest absolute Gasteiger partial charge is 0.310 e. The fourth-order valence-corrected chi connectivity index (χ4v) is 3.32. The first-order valence-electron chi connectivity index (χ1n) is 8.96. The molecule has 3 aromatic carbocycles. The van der Waals surface area contributed by atoms with Crippen LogP contribution in [0.2, 0.25) is 0 Å². The smallest absolute Gasteiger partial charge is 0.135 e. The molecule has 0 aliphatic carbocycles. The van der Waals surface area contributed by atoms with Gasteiger partial charge in [-0.2, -0.15) is 0 Å². The Kier molecular flexibility index (Phi) is 4.85. The Labute approximate surface area is 162 Å². The first-order chi connectivity index (χ1) is 13.6. The van der Waals surface area contributed by atoms with E-state index < -0.39 is 11.6 Å². The molecule has 0 spiro atoms. The number of hydrogen-bond donors (Lipinski definition) is 0. The molecule has 1 aromatic heterocycles. The van der Waals surface area contributed by atoms with Gasteiger partial charge in [-0.1, -0.05) is 36.4 Å². The molecule has 1 heterocycles. The molecule has 0 radical (unpaired) electrons. The number of halogens is 2. The summed E-state index contributed by atoms with van der Waals surface area (Å²) in [7, 11) is 0. The van der Waals surface area contributed by atoms with E-state index in [-0.39, 0.29) is 0 Å². The van der Waals surface area contributed by atoms with Crippen molar-refractivity contribution in [2.24, 2.45) is 0 Å². The summed E-state index contributed by atoms with van der Waals surface area (Å²) >= 11 is 0. The molecule has 4 aromatic rings. The third-order valence-corrected chi connectivity index (χ3v) is 4.54. The maximum atomic E-state index is 14.5. The molecule has 0 unspecified atom stereocenters. The fourth-order valence-electron chi connectivity index (χ4n) is 3.32. The van der Waals surface area contributed by atoms with Crippen LogP contribution < -0.4 is 4.90 Å². The molecular formula is C24H18F2N2. The van der Waals surface area contributed by atoms with E-state index in [0.29, 0.717) is 16.8 Å². The van der Waals surface area contributed by atoms with Gasteiger partial charge in [-0.25, -0.2) is 8.78 Å². The van der Waals surface area contributed by atoms with Crippen LogP contribution in [0.15, 0.2) is 91.1 Å². The van der Waals surface area contributed by atoms with Crippen LogP contribution in [0.4, 0.5) is 25.8 Å². The van der Waals surface area contributed by atoms with Crippen molar-refractivity contribution < 1.29 is 8.78 Å². The van der Waals surface area contributed by atoms with E-state index in [9.17, 15) is 8.78 Å². The number of aryl methyl sites for hydroxylation is 1. The lowest BCUT2D eigenvalue weighted by Crippen LogP contribution is -2.10. The van der Waals surface area contributed by atoms with E-state index in [2.05, 4.69) is 9.88 Å². The average Bonchev–Trinajstić information content (AvgIpc) is 2.69. The van der Waals surface area contributed by atoms with Crippen molar-refractivity contribution >= 4 is 17.1 Å². The lowest BCUT2D eigenvalue weighted by atomic mass is 10.0. The van der Waals surface area contributed by atoms with E-state index in [1.807, 2.05) is 72.8 Å². The predicted octanol–water partition coefficient (Wildman–Crippen LogP) is 6.81. The van der Waals surface area contributed by atoms with Crippen LogP contribution in [0, 0.1) is 18.6 Å². The highest BCUT2D eigenvalue weighted by molar-refractivity contribution is 5.79. The summed E-state index contributed by atoms with van der Waals surface area (Å²) in [5.41, 5.74) is 4.07. The Hall–Kier alpha value is -3.53. The monoisotopic (exact) mass is 372 g/mol. The average molecular weight is 372 g/mol. The normalized spacial score (nSPS) is 10.7. The number of rotatable bonds is 4. The molecule has 0 aliphatic heterocycles. The van der Waals surface area contributed by atoms with Crippen LogP contribution >= 0.6 is 0 Å². The lowest BCUT2D eigenvalue weighted by molar-refractivity contribution is 0.583. The van der Waals surface area contributed by atoms with Gasteiger partial charge in [0.25, 0.3) is 0 Å². The second kappa shape index (κ2) is 7.61. The van der Waals surface area contributed by atoms with Crippen molar-refractivity contribution in [2.45, 2.75) is 6.92 Å². The summed E-state index contributed by atoms with van der Waals surface area (Å²) in [6.07, 6.45) is 1.64. The second-order valence-corrected chi connectivity index (χ2v) is 6.49. The fraction of sp³-hybridized carbons (Fsp3) is 0.0417. The van der Waals surface area contributed by atoms with Crippen molar-refractivity contribution in [1.29, 1.82) is 0 Å². The molecule has 0 saturated heterocycles. The van der Waals surface area contributed by atoms with Gasteiger partial charge in [0.1, 0.15) is 11.6 Å². The number of nitrogens with zero attached hydrogens (tertiary/aromatic N) is 2. The molecule has 0 bridgehead atoms. The molecule has 0 N–H and O–H groups in total. The zero-order valence-electron chi connectivity index (χ0n) is 15.3. The van der Waals surface area contributed by atoms with Gasteiger partial charge < -0.3 is 4.90 Å². The van der Waals surface area contributed by atoms with Crippen molar-refractivity contribution in [1.82, 2.24) is 4.98 Å². The topological polar surface area (TPSA) is 16.1 Å². The molecule has 0 amide bonds. The molecule has 0 saturated carbocycles. The molecular weight excluding hydrogens is 354 g/mol. The Morgan fingerprint density at radius 2 is 1.32 bits per heavy atom. The van der Waals surface area contributed by atoms with Gasteiger partial charge in [0, 0.05) is 34.9 Å². The van der Waals surface area contributed by atoms with Gasteiger partial charge in [-0.3, -0.25) is 4.98 Å². The molecule has 28 heavy (non-hydrogen) atoms. The maximum Gasteiger partial charge on any atom is 0.135 e. The molecule has 2 nitrogen and oxygen atoms in total. The highest BCUT2D eigenvalue weighted by Gasteiger charge is 2.16. The standard InChI is InChI=1S/C24H18F2N2/c1-17-14-18(25)15-22(26)24(17)23-16-21(12-13-27-23)28(19-8-4-2-5-9-19)20-10-6-3-7-11-20/h2-16H,1H3. The van der Waals surface area contributed by atoms with E-state index >= 15 is 0 Å². The molecule has 0 atom stereocenters. The van der Waals surface area contributed by atoms with Crippen molar-refractivity contribution in [3.05, 3.63) is 108 Å². The van der Waals surface area contributed by atoms with Crippen molar-refractivity contribution in [2.75, 3.05) is 4.90 Å². The predicted molar refractivity (Wildman–Crippen MR) is 109 cm³/mol. The Bertz CT molecular complexity index is 1030. The van der Waals surface area contributed by atoms with Gasteiger partial charge in [-0.05, 0) is 55.0 Å². The third-order valence-electron chi connectivity index (χ3n) is 4.54. The minimum atomic E-state index is -0.617. The van der Waals surface area contributed by atoms with E-state index in [4.69, 9.17) is 0 Å². The van der Waals surface area contributed by atoms with E-state index in [1.165, 1.54) is 6.07 Å². The van der Waals surface area contributed by atoms with Crippen LogP contribution in [0.25, 0.3) is 11.3 Å². The van der Waals surface area contributed by atoms with Crippen LogP contribution in [-0.2, 0) is 0 Å². The number of pyridine rings is 1. The van der Waals surface area contributed by atoms with Gasteiger partial charge in [0.15, 0.2) is 0 Å². The molecule has 138 valence electrons. The third kappa shape index (κ3) is 3.49. The SMILES string of the molecule is Cc1cc(F)cc(F)c1-c1cc(N(c2ccccc2)c2ccccc2)ccn1. The highest BCUT2D eigenvalue weighted by Crippen LogP contribution is 2.36. The van der Waals surface area contributed by atoms with Gasteiger partial charge >= 0.3 is 0 Å². The maximum absolute atomic E-state index is 14.5. The summed E-state index contributed by atoms with van der Waals surface area (Å²) in [6.45, 7) is 1.68. The minimum Gasteiger partial charge on any atom is -0.310 e. The van der Waals surface area contributed by atoms with Crippen LogP contribution in [-0.4, -0.2) is 4.98 Å². The Morgan fingerprint density at radius 1 is 0.714 bits per heavy atom. The van der Waals surface area contributed by atoms with E-state index in [1.54, 1.807) is 13.1 Å². The van der Waals surface area contributed by atoms with Gasteiger partial charge in [0.05, 0.1) is 5.69 Å². The second-order valence-electron chi connectivity index (χ2n) is 6.49. The number of benzene rings is 3. The van der Waals surface area contributed by atoms with Crippen molar-refractivity contribution in [3.63, 3.8) is 0 Å². The van der Waals surface area contributed by atoms with E-state index in [0.717, 1.165) is 23.1 Å². The molecule has 0 fully saturated rings. The minimum absolute atomic E-state index is 0.310. The summed E-state index contributed by atoms with van der Waals surface area (Å²) in [5, 5.41) is 0. The van der Waals surface area contributed by atoms with Crippen molar-refractivity contribution in [3.8, 4) is 11.3 Å². The Balaban J connectivity index is 1.87. The first kappa shape index (κ1) is 17.9.